The Balaban J connectivity index is 0.000000149. The molecule has 0 fully saturated rings. The SMILES string of the molecule is C.Nc1ccncn1.O=S1(=O)CCc2cc(Br)ccc21.O=S1(=O)CCc2cc(Nc3ccncn3)ccc21.O=S1(=O)CCc2cc(Nc3ccncn3)ccc21. The molecule has 0 amide bonds. The summed E-state index contributed by atoms with van der Waals surface area (Å²) in [4.78, 5) is 24.5. The molecule has 0 bridgehead atoms. The van der Waals surface area contributed by atoms with Crippen molar-refractivity contribution in [3.05, 3.63) is 132 Å². The van der Waals surface area contributed by atoms with E-state index in [1.165, 1.54) is 19.0 Å². The second kappa shape index (κ2) is 18.1. The molecule has 3 aliphatic heterocycles. The number of nitrogens with two attached hydrogens (primary N) is 1. The highest BCUT2D eigenvalue weighted by molar-refractivity contribution is 9.10. The van der Waals surface area contributed by atoms with Gasteiger partial charge in [0.1, 0.15) is 36.4 Å². The summed E-state index contributed by atoms with van der Waals surface area (Å²) < 4.78 is 70.4. The molecule has 3 aliphatic rings. The Morgan fingerprint density at radius 1 is 0.518 bits per heavy atom. The maximum absolute atomic E-state index is 11.7. The minimum Gasteiger partial charge on any atom is -0.384 e. The number of benzene rings is 3. The van der Waals surface area contributed by atoms with Gasteiger partial charge in [0, 0.05) is 34.4 Å². The van der Waals surface area contributed by atoms with E-state index in [1.807, 2.05) is 18.2 Å². The first-order valence-electron chi connectivity index (χ1n) is 16.6. The van der Waals surface area contributed by atoms with Crippen molar-refractivity contribution in [3.8, 4) is 0 Å². The molecule has 0 atom stereocenters. The minimum atomic E-state index is -3.05. The Morgan fingerprint density at radius 2 is 0.911 bits per heavy atom. The van der Waals surface area contributed by atoms with Gasteiger partial charge in [0.05, 0.1) is 31.9 Å². The second-order valence-corrected chi connectivity index (χ2v) is 19.3. The van der Waals surface area contributed by atoms with Crippen LogP contribution >= 0.6 is 15.9 Å². The van der Waals surface area contributed by atoms with Gasteiger partial charge in [-0.25, -0.2) is 55.2 Å². The molecule has 3 aromatic carbocycles. The van der Waals surface area contributed by atoms with Crippen molar-refractivity contribution in [2.24, 2.45) is 0 Å². The molecule has 0 saturated heterocycles. The average Bonchev–Trinajstić information content (AvgIpc) is 3.77. The maximum Gasteiger partial charge on any atom is 0.178 e. The van der Waals surface area contributed by atoms with E-state index in [9.17, 15) is 25.3 Å². The van der Waals surface area contributed by atoms with E-state index in [4.69, 9.17) is 5.73 Å². The predicted octanol–water partition coefficient (Wildman–Crippen LogP) is 5.57. The molecule has 15 nitrogen and oxygen atoms in total. The van der Waals surface area contributed by atoms with Crippen molar-refractivity contribution in [2.45, 2.75) is 41.4 Å². The summed E-state index contributed by atoms with van der Waals surface area (Å²) in [6.45, 7) is 0. The lowest BCUT2D eigenvalue weighted by molar-refractivity contribution is 0.598. The predicted molar refractivity (Wildman–Crippen MR) is 218 cm³/mol. The van der Waals surface area contributed by atoms with Gasteiger partial charge in [-0.1, -0.05) is 23.4 Å². The van der Waals surface area contributed by atoms with E-state index >= 15 is 0 Å². The molecule has 292 valence electrons. The number of halogens is 1. The summed E-state index contributed by atoms with van der Waals surface area (Å²) in [5.74, 6) is 2.56. The number of hydrogen-bond donors (Lipinski definition) is 3. The summed E-state index contributed by atoms with van der Waals surface area (Å²) in [5.41, 5.74) is 9.56. The molecule has 6 aromatic rings. The number of aryl methyl sites for hydroxylation is 3. The van der Waals surface area contributed by atoms with E-state index < -0.39 is 29.5 Å². The minimum absolute atomic E-state index is 0. The first-order valence-corrected chi connectivity index (χ1v) is 22.3. The maximum atomic E-state index is 11.7. The standard InChI is InChI=1S/2C12H11N3O2S.C8H7BrO2S.C4H5N3.CH4/c2*16-18(17)6-4-9-7-10(1-2-11(9)18)15-12-3-5-13-8-14-12;9-7-1-2-8-6(5-7)3-4-12(8,10)11;5-4-1-2-6-3-7-4;/h2*1-3,5,7-8H,4,6H2,(H,13,14,15);1-2,5H,3-4H2;1-3H,(H2,5,6,7);1H4. The number of aromatic nitrogens is 6. The highest BCUT2D eigenvalue weighted by Crippen LogP contribution is 2.31. The molecule has 0 unspecified atom stereocenters. The van der Waals surface area contributed by atoms with Gasteiger partial charge in [0.2, 0.25) is 0 Å². The fourth-order valence-electron chi connectivity index (χ4n) is 5.75. The third-order valence-corrected chi connectivity index (χ3v) is 14.3. The van der Waals surface area contributed by atoms with Crippen molar-refractivity contribution >= 4 is 74.3 Å². The van der Waals surface area contributed by atoms with Crippen LogP contribution in [0.3, 0.4) is 0 Å². The Morgan fingerprint density at radius 3 is 1.27 bits per heavy atom. The first-order chi connectivity index (χ1) is 26.3. The van der Waals surface area contributed by atoms with Crippen LogP contribution in [0.2, 0.25) is 0 Å². The van der Waals surface area contributed by atoms with Crippen LogP contribution in [0.15, 0.2) is 130 Å². The Bertz CT molecular complexity index is 2500. The molecular formula is C37H38BrN9O6S3. The van der Waals surface area contributed by atoms with Crippen LogP contribution in [0.25, 0.3) is 0 Å². The number of nitrogens with one attached hydrogen (secondary N) is 2. The van der Waals surface area contributed by atoms with Crippen LogP contribution in [0.1, 0.15) is 24.1 Å². The lowest BCUT2D eigenvalue weighted by atomic mass is 10.1. The zero-order valence-corrected chi connectivity index (χ0v) is 33.0. The molecule has 19 heteroatoms. The Kier molecular flexibility index (Phi) is 13.5. The molecule has 0 spiro atoms. The topological polar surface area (TPSA) is 230 Å². The van der Waals surface area contributed by atoms with Gasteiger partial charge in [-0.3, -0.25) is 0 Å². The van der Waals surface area contributed by atoms with Gasteiger partial charge < -0.3 is 16.4 Å². The molecule has 0 saturated carbocycles. The van der Waals surface area contributed by atoms with Gasteiger partial charge in [-0.15, -0.1) is 0 Å². The van der Waals surface area contributed by atoms with Gasteiger partial charge in [0.25, 0.3) is 0 Å². The van der Waals surface area contributed by atoms with Crippen molar-refractivity contribution in [1.29, 1.82) is 0 Å². The summed E-state index contributed by atoms with van der Waals surface area (Å²) in [6.07, 6.45) is 11.0. The van der Waals surface area contributed by atoms with Crippen molar-refractivity contribution < 1.29 is 25.3 Å². The van der Waals surface area contributed by atoms with Crippen LogP contribution in [0.4, 0.5) is 28.8 Å². The number of fused-ring (bicyclic) bond motifs is 3. The molecule has 56 heavy (non-hydrogen) atoms. The van der Waals surface area contributed by atoms with Crippen molar-refractivity contribution in [2.75, 3.05) is 33.6 Å². The zero-order valence-electron chi connectivity index (χ0n) is 28.9. The molecule has 9 rings (SSSR count). The average molecular weight is 881 g/mol. The van der Waals surface area contributed by atoms with Crippen LogP contribution in [0, 0.1) is 0 Å². The summed E-state index contributed by atoms with van der Waals surface area (Å²) in [6, 6.07) is 21.0. The molecular weight excluding hydrogens is 843 g/mol. The largest absolute Gasteiger partial charge is 0.384 e. The van der Waals surface area contributed by atoms with E-state index in [2.05, 4.69) is 56.5 Å². The second-order valence-electron chi connectivity index (χ2n) is 12.2. The van der Waals surface area contributed by atoms with Crippen molar-refractivity contribution in [1.82, 2.24) is 29.9 Å². The summed E-state index contributed by atoms with van der Waals surface area (Å²) in [5, 5.41) is 6.23. The van der Waals surface area contributed by atoms with E-state index in [0.29, 0.717) is 51.4 Å². The lowest BCUT2D eigenvalue weighted by Crippen LogP contribution is -1.98. The fraction of sp³-hybridized carbons (Fsp3) is 0.189. The number of nitrogens with zero attached hydrogens (tertiary/aromatic N) is 6. The lowest BCUT2D eigenvalue weighted by Gasteiger charge is -2.06. The van der Waals surface area contributed by atoms with E-state index in [0.717, 1.165) is 32.5 Å². The Labute approximate surface area is 334 Å². The highest BCUT2D eigenvalue weighted by atomic mass is 79.9. The molecule has 4 N–H and O–H groups in total. The van der Waals surface area contributed by atoms with Gasteiger partial charge in [-0.05, 0) is 109 Å². The third-order valence-electron chi connectivity index (χ3n) is 8.38. The Hall–Kier alpha value is -5.37. The number of anilines is 5. The monoisotopic (exact) mass is 879 g/mol. The fourth-order valence-corrected chi connectivity index (χ4v) is 10.8. The van der Waals surface area contributed by atoms with E-state index in [1.54, 1.807) is 73.2 Å². The molecule has 3 aromatic heterocycles. The number of rotatable bonds is 4. The highest BCUT2D eigenvalue weighted by Gasteiger charge is 2.27. The van der Waals surface area contributed by atoms with Crippen LogP contribution in [0.5, 0.6) is 0 Å². The van der Waals surface area contributed by atoms with Gasteiger partial charge in [0.15, 0.2) is 29.5 Å². The number of hydrogen-bond acceptors (Lipinski definition) is 15. The van der Waals surface area contributed by atoms with E-state index in [-0.39, 0.29) is 24.7 Å². The first kappa shape index (κ1) is 41.8. The normalized spacial score (nSPS) is 15.6. The quantitative estimate of drug-likeness (QED) is 0.197. The molecule has 0 radical (unpaired) electrons. The third kappa shape index (κ3) is 10.7. The van der Waals surface area contributed by atoms with Crippen LogP contribution in [-0.4, -0.2) is 72.4 Å². The molecule has 6 heterocycles. The zero-order chi connectivity index (χ0) is 39.1. The van der Waals surface area contributed by atoms with Crippen LogP contribution in [-0.2, 0) is 48.8 Å². The van der Waals surface area contributed by atoms with Gasteiger partial charge in [-0.2, -0.15) is 0 Å². The summed E-state index contributed by atoms with van der Waals surface area (Å²) >= 11 is 3.31. The number of sulfone groups is 3. The smallest absolute Gasteiger partial charge is 0.178 e. The number of nitrogen functional groups attached to an aromatic ring is 1. The van der Waals surface area contributed by atoms with Crippen LogP contribution < -0.4 is 16.4 Å². The van der Waals surface area contributed by atoms with Gasteiger partial charge >= 0.3 is 0 Å². The van der Waals surface area contributed by atoms with Crippen molar-refractivity contribution in [3.63, 3.8) is 0 Å². The summed E-state index contributed by atoms with van der Waals surface area (Å²) in [7, 11) is -9.04. The molecule has 0 aliphatic carbocycles.